The first-order valence-corrected chi connectivity index (χ1v) is 10.9. The van der Waals surface area contributed by atoms with Gasteiger partial charge in [0, 0.05) is 19.2 Å². The highest BCUT2D eigenvalue weighted by atomic mass is 35.5. The lowest BCUT2D eigenvalue weighted by Crippen LogP contribution is -2.44. The molecule has 1 N–H and O–H groups in total. The number of nitrogens with zero attached hydrogens (tertiary/aromatic N) is 1. The van der Waals surface area contributed by atoms with Gasteiger partial charge in [0.05, 0.1) is 12.7 Å². The molecule has 3 aliphatic rings. The summed E-state index contributed by atoms with van der Waals surface area (Å²) in [7, 11) is 0. The average molecular weight is 415 g/mol. The van der Waals surface area contributed by atoms with Crippen LogP contribution in [-0.2, 0) is 20.8 Å². The maximum atomic E-state index is 13.2. The maximum Gasteiger partial charge on any atom is 0.251 e. The molecule has 1 amide bonds. The Morgan fingerprint density at radius 3 is 2.96 bits per heavy atom. The molecule has 1 saturated carbocycles. The standard InChI is InChI=1S/C20H30N2O3S.ClH/c1-15(25-13-17-3-2-9-24-17)19(23)22(12-16-4-10-26-14-16)18-11-20(18)5-7-21-8-6-20;/h4,10,14-15,17-18,21H,2-3,5-9,11-13H2,1H3;1H. The molecule has 7 heteroatoms. The zero-order valence-corrected chi connectivity index (χ0v) is 17.7. The minimum Gasteiger partial charge on any atom is -0.376 e. The summed E-state index contributed by atoms with van der Waals surface area (Å²) in [6, 6.07) is 2.49. The van der Waals surface area contributed by atoms with Crippen molar-refractivity contribution < 1.29 is 14.3 Å². The van der Waals surface area contributed by atoms with Crippen LogP contribution in [0.5, 0.6) is 0 Å². The number of piperidine rings is 1. The Morgan fingerprint density at radius 1 is 1.48 bits per heavy atom. The Morgan fingerprint density at radius 2 is 2.30 bits per heavy atom. The number of hydrogen-bond acceptors (Lipinski definition) is 5. The van der Waals surface area contributed by atoms with Crippen molar-refractivity contribution >= 4 is 29.7 Å². The first-order valence-electron chi connectivity index (χ1n) is 9.93. The molecule has 0 bridgehead atoms. The maximum absolute atomic E-state index is 13.2. The van der Waals surface area contributed by atoms with E-state index in [1.54, 1.807) is 11.3 Å². The highest BCUT2D eigenvalue weighted by molar-refractivity contribution is 7.07. The lowest BCUT2D eigenvalue weighted by Gasteiger charge is -2.31. The molecule has 1 spiro atoms. The van der Waals surface area contributed by atoms with Crippen LogP contribution >= 0.6 is 23.7 Å². The molecule has 3 heterocycles. The monoisotopic (exact) mass is 414 g/mol. The van der Waals surface area contributed by atoms with E-state index in [0.29, 0.717) is 24.6 Å². The number of amides is 1. The minimum atomic E-state index is -0.405. The third-order valence-electron chi connectivity index (χ3n) is 6.24. The van der Waals surface area contributed by atoms with Gasteiger partial charge in [-0.05, 0) is 79.9 Å². The van der Waals surface area contributed by atoms with Crippen LogP contribution in [0.3, 0.4) is 0 Å². The van der Waals surface area contributed by atoms with Crippen molar-refractivity contribution in [3.63, 3.8) is 0 Å². The SMILES string of the molecule is CC(OCC1CCCO1)C(=O)N(Cc1ccsc1)C1CC12CCNCC2.Cl. The highest BCUT2D eigenvalue weighted by Gasteiger charge is 2.58. The van der Waals surface area contributed by atoms with Gasteiger partial charge < -0.3 is 19.7 Å². The molecule has 27 heavy (non-hydrogen) atoms. The summed E-state index contributed by atoms with van der Waals surface area (Å²) in [6.45, 7) is 6.09. The van der Waals surface area contributed by atoms with E-state index in [1.165, 1.54) is 18.4 Å². The van der Waals surface area contributed by atoms with Crippen LogP contribution in [0.1, 0.15) is 44.6 Å². The number of hydrogen-bond donors (Lipinski definition) is 1. The lowest BCUT2D eigenvalue weighted by atomic mass is 9.93. The number of halogens is 1. The number of carbonyl (C=O) groups excluding carboxylic acids is 1. The van der Waals surface area contributed by atoms with E-state index in [0.717, 1.165) is 39.0 Å². The first-order chi connectivity index (χ1) is 12.7. The predicted molar refractivity (Wildman–Crippen MR) is 109 cm³/mol. The Kier molecular flexibility index (Phi) is 7.20. The van der Waals surface area contributed by atoms with Gasteiger partial charge >= 0.3 is 0 Å². The molecule has 3 fully saturated rings. The number of rotatable bonds is 7. The molecule has 3 atom stereocenters. The van der Waals surface area contributed by atoms with E-state index in [-0.39, 0.29) is 24.4 Å². The molecule has 3 unspecified atom stereocenters. The van der Waals surface area contributed by atoms with Gasteiger partial charge in [0.1, 0.15) is 6.10 Å². The van der Waals surface area contributed by atoms with E-state index < -0.39 is 6.10 Å². The third kappa shape index (κ3) is 4.85. The van der Waals surface area contributed by atoms with Gasteiger partial charge in [-0.2, -0.15) is 11.3 Å². The fraction of sp³-hybridized carbons (Fsp3) is 0.750. The van der Waals surface area contributed by atoms with Gasteiger partial charge in [-0.1, -0.05) is 0 Å². The zero-order valence-electron chi connectivity index (χ0n) is 16.0. The van der Waals surface area contributed by atoms with Crippen molar-refractivity contribution in [1.29, 1.82) is 0 Å². The van der Waals surface area contributed by atoms with Gasteiger partial charge in [0.2, 0.25) is 0 Å². The van der Waals surface area contributed by atoms with Crippen molar-refractivity contribution in [3.05, 3.63) is 22.4 Å². The van der Waals surface area contributed by atoms with E-state index in [1.807, 2.05) is 6.92 Å². The van der Waals surface area contributed by atoms with E-state index in [9.17, 15) is 4.79 Å². The number of ether oxygens (including phenoxy) is 2. The first kappa shape index (κ1) is 21.1. The topological polar surface area (TPSA) is 50.8 Å². The highest BCUT2D eigenvalue weighted by Crippen LogP contribution is 2.56. The van der Waals surface area contributed by atoms with Crippen LogP contribution in [0, 0.1) is 5.41 Å². The summed E-state index contributed by atoms with van der Waals surface area (Å²) in [5, 5.41) is 7.68. The smallest absolute Gasteiger partial charge is 0.251 e. The van der Waals surface area contributed by atoms with Crippen LogP contribution in [0.4, 0.5) is 0 Å². The molecule has 0 aromatic carbocycles. The Balaban J connectivity index is 0.00000210. The molecule has 1 aromatic heterocycles. The van der Waals surface area contributed by atoms with Crippen LogP contribution in [0.25, 0.3) is 0 Å². The molecule has 2 aliphatic heterocycles. The van der Waals surface area contributed by atoms with Crippen LogP contribution in [0.2, 0.25) is 0 Å². The lowest BCUT2D eigenvalue weighted by molar-refractivity contribution is -0.146. The fourth-order valence-corrected chi connectivity index (χ4v) is 5.14. The number of thiophene rings is 1. The molecule has 1 aliphatic carbocycles. The second-order valence-corrected chi connectivity index (χ2v) is 8.82. The van der Waals surface area contributed by atoms with Crippen molar-refractivity contribution in [2.24, 2.45) is 5.41 Å². The molecule has 0 radical (unpaired) electrons. The molecular formula is C20H31ClN2O3S. The number of carbonyl (C=O) groups is 1. The van der Waals surface area contributed by atoms with Gasteiger partial charge in [-0.25, -0.2) is 0 Å². The molecule has 1 aromatic rings. The quantitative estimate of drug-likeness (QED) is 0.744. The van der Waals surface area contributed by atoms with Crippen LogP contribution in [0.15, 0.2) is 16.8 Å². The van der Waals surface area contributed by atoms with Gasteiger partial charge in [0.15, 0.2) is 0 Å². The Labute approximate surface area is 172 Å². The molecule has 4 rings (SSSR count). The summed E-state index contributed by atoms with van der Waals surface area (Å²) in [6.07, 6.45) is 5.39. The molecule has 152 valence electrons. The van der Waals surface area contributed by atoms with Gasteiger partial charge in [0.25, 0.3) is 5.91 Å². The molecule has 5 nitrogen and oxygen atoms in total. The van der Waals surface area contributed by atoms with Crippen molar-refractivity contribution in [1.82, 2.24) is 10.2 Å². The normalized spacial score (nSPS) is 27.1. The molecule has 2 saturated heterocycles. The second kappa shape index (κ2) is 9.23. The van der Waals surface area contributed by atoms with Crippen molar-refractivity contribution in [2.75, 3.05) is 26.3 Å². The predicted octanol–water partition coefficient (Wildman–Crippen LogP) is 3.22. The zero-order chi connectivity index (χ0) is 18.0. The summed E-state index contributed by atoms with van der Waals surface area (Å²) in [4.78, 5) is 15.3. The van der Waals surface area contributed by atoms with E-state index >= 15 is 0 Å². The van der Waals surface area contributed by atoms with E-state index in [4.69, 9.17) is 9.47 Å². The van der Waals surface area contributed by atoms with Crippen LogP contribution < -0.4 is 5.32 Å². The van der Waals surface area contributed by atoms with Crippen molar-refractivity contribution in [3.8, 4) is 0 Å². The van der Waals surface area contributed by atoms with Crippen LogP contribution in [-0.4, -0.2) is 55.4 Å². The average Bonchev–Trinajstić information content (AvgIpc) is 3.10. The largest absolute Gasteiger partial charge is 0.376 e. The van der Waals surface area contributed by atoms with E-state index in [2.05, 4.69) is 27.0 Å². The van der Waals surface area contributed by atoms with Gasteiger partial charge in [-0.3, -0.25) is 4.79 Å². The minimum absolute atomic E-state index is 0. The second-order valence-electron chi connectivity index (χ2n) is 8.04. The fourth-order valence-electron chi connectivity index (χ4n) is 4.48. The Bertz CT molecular complexity index is 600. The Hall–Kier alpha value is -0.660. The molecular weight excluding hydrogens is 384 g/mol. The summed E-state index contributed by atoms with van der Waals surface area (Å²) in [5.74, 6) is 0.134. The van der Waals surface area contributed by atoms with Gasteiger partial charge in [-0.15, -0.1) is 12.4 Å². The third-order valence-corrected chi connectivity index (χ3v) is 6.97. The summed E-state index contributed by atoms with van der Waals surface area (Å²) >= 11 is 1.69. The number of nitrogens with one attached hydrogen (secondary N) is 1. The summed E-state index contributed by atoms with van der Waals surface area (Å²) in [5.41, 5.74) is 1.57. The summed E-state index contributed by atoms with van der Waals surface area (Å²) < 4.78 is 11.5. The van der Waals surface area contributed by atoms with Crippen molar-refractivity contribution in [2.45, 2.75) is 63.8 Å².